The van der Waals surface area contributed by atoms with Gasteiger partial charge in [-0.25, -0.2) is 0 Å². The van der Waals surface area contributed by atoms with Crippen molar-refractivity contribution in [1.82, 2.24) is 10.2 Å². The second-order valence-corrected chi connectivity index (χ2v) is 5.28. The number of rotatable bonds is 3. The van der Waals surface area contributed by atoms with Crippen LogP contribution in [0.15, 0.2) is 0 Å². The van der Waals surface area contributed by atoms with Gasteiger partial charge in [-0.1, -0.05) is 11.6 Å². The van der Waals surface area contributed by atoms with Gasteiger partial charge in [0.25, 0.3) is 0 Å². The van der Waals surface area contributed by atoms with E-state index < -0.39 is 5.79 Å². The summed E-state index contributed by atoms with van der Waals surface area (Å²) in [6, 6.07) is 0. The fourth-order valence-corrected chi connectivity index (χ4v) is 2.00. The van der Waals surface area contributed by atoms with Crippen molar-refractivity contribution in [2.24, 2.45) is 0 Å². The minimum Gasteiger partial charge on any atom is -0.366 e. The number of aromatic nitrogens is 2. The van der Waals surface area contributed by atoms with Crippen molar-refractivity contribution in [3.05, 3.63) is 16.3 Å². The molecule has 1 aliphatic heterocycles. The first-order valence-corrected chi connectivity index (χ1v) is 6.32. The van der Waals surface area contributed by atoms with E-state index in [0.717, 1.165) is 16.9 Å². The smallest absolute Gasteiger partial charge is 0.163 e. The third kappa shape index (κ3) is 2.91. The van der Waals surface area contributed by atoms with Crippen LogP contribution in [0.1, 0.15) is 25.0 Å². The van der Waals surface area contributed by atoms with E-state index >= 15 is 0 Å². The fraction of sp³-hybridized carbons (Fsp3) is 0.667. The topological polar surface area (TPSA) is 56.3 Å². The van der Waals surface area contributed by atoms with Gasteiger partial charge in [0.1, 0.15) is 6.10 Å². The molecule has 0 spiro atoms. The van der Waals surface area contributed by atoms with Crippen LogP contribution in [0, 0.1) is 13.8 Å². The van der Waals surface area contributed by atoms with E-state index in [9.17, 15) is 0 Å². The van der Waals surface area contributed by atoms with Crippen LogP contribution in [0.2, 0.25) is 5.15 Å². The molecule has 1 atom stereocenters. The first-order chi connectivity index (χ1) is 8.39. The molecule has 1 saturated heterocycles. The van der Waals surface area contributed by atoms with Crippen molar-refractivity contribution in [1.29, 1.82) is 0 Å². The Hall–Kier alpha value is -0.910. The quantitative estimate of drug-likeness (QED) is 0.914. The van der Waals surface area contributed by atoms with Gasteiger partial charge in [-0.3, -0.25) is 0 Å². The van der Waals surface area contributed by atoms with E-state index in [0.29, 0.717) is 18.3 Å². The van der Waals surface area contributed by atoms with Crippen molar-refractivity contribution in [3.8, 4) is 0 Å². The molecule has 0 saturated carbocycles. The molecule has 100 valence electrons. The maximum absolute atomic E-state index is 5.90. The number of nitrogens with zero attached hydrogens (tertiary/aromatic N) is 2. The SMILES string of the molecule is Cc1c(Cl)nnc(NCC2COC(C)(C)O2)c1C. The molecule has 18 heavy (non-hydrogen) atoms. The van der Waals surface area contributed by atoms with E-state index in [-0.39, 0.29) is 6.10 Å². The Bertz CT molecular complexity index is 451. The molecule has 5 nitrogen and oxygen atoms in total. The van der Waals surface area contributed by atoms with Crippen LogP contribution >= 0.6 is 11.6 Å². The molecule has 1 aromatic heterocycles. The maximum Gasteiger partial charge on any atom is 0.163 e. The molecule has 0 aromatic carbocycles. The summed E-state index contributed by atoms with van der Waals surface area (Å²) in [4.78, 5) is 0. The Labute approximate surface area is 112 Å². The molecule has 1 aliphatic rings. The number of ether oxygens (including phenoxy) is 2. The monoisotopic (exact) mass is 271 g/mol. The third-order valence-corrected chi connectivity index (χ3v) is 3.39. The molecular formula is C12H18ClN3O2. The summed E-state index contributed by atoms with van der Waals surface area (Å²) in [6.45, 7) is 8.93. The summed E-state index contributed by atoms with van der Waals surface area (Å²) in [5, 5.41) is 11.6. The molecule has 2 heterocycles. The van der Waals surface area contributed by atoms with Crippen LogP contribution in [-0.2, 0) is 9.47 Å². The predicted octanol–water partition coefficient (Wildman–Crippen LogP) is 2.31. The van der Waals surface area contributed by atoms with E-state index in [1.54, 1.807) is 0 Å². The highest BCUT2D eigenvalue weighted by molar-refractivity contribution is 6.30. The van der Waals surface area contributed by atoms with Crippen LogP contribution in [0.4, 0.5) is 5.82 Å². The summed E-state index contributed by atoms with van der Waals surface area (Å²) in [5.41, 5.74) is 1.95. The lowest BCUT2D eigenvalue weighted by Gasteiger charge is -2.17. The maximum atomic E-state index is 5.90. The van der Waals surface area contributed by atoms with Crippen LogP contribution in [0.3, 0.4) is 0 Å². The Morgan fingerprint density at radius 2 is 2.06 bits per heavy atom. The molecule has 0 bridgehead atoms. The molecule has 0 radical (unpaired) electrons. The molecule has 0 amide bonds. The fourth-order valence-electron chi connectivity index (χ4n) is 1.82. The zero-order valence-electron chi connectivity index (χ0n) is 11.1. The van der Waals surface area contributed by atoms with E-state index in [1.165, 1.54) is 0 Å². The van der Waals surface area contributed by atoms with Gasteiger partial charge in [-0.2, -0.15) is 0 Å². The second-order valence-electron chi connectivity index (χ2n) is 4.92. The molecule has 1 unspecified atom stereocenters. The summed E-state index contributed by atoms with van der Waals surface area (Å²) in [7, 11) is 0. The van der Waals surface area contributed by atoms with Crippen molar-refractivity contribution in [3.63, 3.8) is 0 Å². The van der Waals surface area contributed by atoms with Gasteiger partial charge in [0.05, 0.1) is 6.61 Å². The highest BCUT2D eigenvalue weighted by Crippen LogP contribution is 2.24. The van der Waals surface area contributed by atoms with Crippen LogP contribution in [-0.4, -0.2) is 35.2 Å². The second kappa shape index (κ2) is 4.99. The predicted molar refractivity (Wildman–Crippen MR) is 69.9 cm³/mol. The first kappa shape index (κ1) is 13.5. The number of hydrogen-bond donors (Lipinski definition) is 1. The van der Waals surface area contributed by atoms with Gasteiger partial charge in [0.15, 0.2) is 16.8 Å². The van der Waals surface area contributed by atoms with Gasteiger partial charge >= 0.3 is 0 Å². The Kier molecular flexibility index (Phi) is 3.75. The van der Waals surface area contributed by atoms with E-state index in [4.69, 9.17) is 21.1 Å². The van der Waals surface area contributed by atoms with Crippen LogP contribution < -0.4 is 5.32 Å². The molecule has 0 aliphatic carbocycles. The standard InChI is InChI=1S/C12H18ClN3O2/c1-7-8(2)11(16-15-10(7)13)14-5-9-6-17-12(3,4)18-9/h9H,5-6H2,1-4H3,(H,14,16). The number of anilines is 1. The average molecular weight is 272 g/mol. The molecule has 6 heteroatoms. The normalized spacial score (nSPS) is 22.2. The first-order valence-electron chi connectivity index (χ1n) is 5.94. The number of hydrogen-bond acceptors (Lipinski definition) is 5. The minimum absolute atomic E-state index is 0.0252. The number of halogens is 1. The van der Waals surface area contributed by atoms with Crippen molar-refractivity contribution in [2.75, 3.05) is 18.5 Å². The minimum atomic E-state index is -0.497. The highest BCUT2D eigenvalue weighted by Gasteiger charge is 2.32. The lowest BCUT2D eigenvalue weighted by Crippen LogP contribution is -2.26. The van der Waals surface area contributed by atoms with Gasteiger partial charge < -0.3 is 14.8 Å². The lowest BCUT2D eigenvalue weighted by molar-refractivity contribution is -0.136. The van der Waals surface area contributed by atoms with Gasteiger partial charge in [-0.05, 0) is 38.8 Å². The Morgan fingerprint density at radius 3 is 2.67 bits per heavy atom. The van der Waals surface area contributed by atoms with E-state index in [1.807, 2.05) is 27.7 Å². The lowest BCUT2D eigenvalue weighted by atomic mass is 10.2. The van der Waals surface area contributed by atoms with Crippen molar-refractivity contribution < 1.29 is 9.47 Å². The van der Waals surface area contributed by atoms with E-state index in [2.05, 4.69) is 15.5 Å². The molecule has 1 aromatic rings. The summed E-state index contributed by atoms with van der Waals surface area (Å²) in [6.07, 6.45) is 0.0252. The molecule has 2 rings (SSSR count). The highest BCUT2D eigenvalue weighted by atomic mass is 35.5. The van der Waals surface area contributed by atoms with Crippen molar-refractivity contribution in [2.45, 2.75) is 39.6 Å². The largest absolute Gasteiger partial charge is 0.366 e. The number of nitrogens with one attached hydrogen (secondary N) is 1. The average Bonchev–Trinajstić information content (AvgIpc) is 2.65. The molecule has 1 fully saturated rings. The van der Waals surface area contributed by atoms with Gasteiger partial charge in [0.2, 0.25) is 0 Å². The van der Waals surface area contributed by atoms with Gasteiger partial charge in [-0.15, -0.1) is 10.2 Å². The molecule has 1 N–H and O–H groups in total. The summed E-state index contributed by atoms with van der Waals surface area (Å²) in [5.74, 6) is 0.244. The van der Waals surface area contributed by atoms with Crippen LogP contribution in [0.25, 0.3) is 0 Å². The Morgan fingerprint density at radius 1 is 1.33 bits per heavy atom. The zero-order chi connectivity index (χ0) is 13.3. The summed E-state index contributed by atoms with van der Waals surface area (Å²) < 4.78 is 11.2. The van der Waals surface area contributed by atoms with Crippen LogP contribution in [0.5, 0.6) is 0 Å². The zero-order valence-corrected chi connectivity index (χ0v) is 11.8. The molecular weight excluding hydrogens is 254 g/mol. The third-order valence-electron chi connectivity index (χ3n) is 3.03. The van der Waals surface area contributed by atoms with Crippen molar-refractivity contribution >= 4 is 17.4 Å². The Balaban J connectivity index is 1.97. The van der Waals surface area contributed by atoms with Gasteiger partial charge in [0, 0.05) is 6.54 Å². The summed E-state index contributed by atoms with van der Waals surface area (Å²) >= 11 is 5.90.